The average molecular weight is 304 g/mol. The number of carbonyl (C=O) groups excluding carboxylic acids is 1. The predicted molar refractivity (Wildman–Crippen MR) is 69.6 cm³/mol. The molecule has 0 atom stereocenters. The molecule has 0 amide bonds. The fourth-order valence-corrected chi connectivity index (χ4v) is 1.69. The van der Waals surface area contributed by atoms with Gasteiger partial charge in [-0.1, -0.05) is 0 Å². The summed E-state index contributed by atoms with van der Waals surface area (Å²) in [5, 5.41) is 19.7. The van der Waals surface area contributed by atoms with Gasteiger partial charge in [0.05, 0.1) is 16.6 Å². The van der Waals surface area contributed by atoms with Crippen molar-refractivity contribution in [3.63, 3.8) is 0 Å². The highest BCUT2D eigenvalue weighted by molar-refractivity contribution is 5.76. The Labute approximate surface area is 122 Å². The van der Waals surface area contributed by atoms with E-state index in [9.17, 15) is 23.7 Å². The molecule has 0 unspecified atom stereocenters. The van der Waals surface area contributed by atoms with Crippen LogP contribution in [-0.2, 0) is 0 Å². The quantitative estimate of drug-likeness (QED) is 0.490. The Morgan fingerprint density at radius 3 is 2.59 bits per heavy atom. The zero-order valence-corrected chi connectivity index (χ0v) is 10.7. The van der Waals surface area contributed by atoms with Gasteiger partial charge in [0.2, 0.25) is 11.6 Å². The van der Waals surface area contributed by atoms with Crippen LogP contribution >= 0.6 is 0 Å². The van der Waals surface area contributed by atoms with E-state index < -0.39 is 28.0 Å². The van der Waals surface area contributed by atoms with Gasteiger partial charge in [0.25, 0.3) is 0 Å². The highest BCUT2D eigenvalue weighted by Gasteiger charge is 2.24. The first kappa shape index (κ1) is 15.1. The van der Waals surface area contributed by atoms with E-state index >= 15 is 0 Å². The first-order valence-corrected chi connectivity index (χ1v) is 5.77. The second-order valence-corrected chi connectivity index (χ2v) is 4.09. The van der Waals surface area contributed by atoms with Crippen molar-refractivity contribution in [2.75, 3.05) is 0 Å². The Morgan fingerprint density at radius 1 is 1.27 bits per heavy atom. The molecule has 0 radical (unpaired) electrons. The number of hydrogen-bond acceptors (Lipinski definition) is 5. The number of hydrogen-bond donors (Lipinski definition) is 0. The SMILES string of the molecule is N#Cc1cc(C=O)cc(Oc2c([N+](=O)[O-])ccc(F)c2F)c1. The maximum absolute atomic E-state index is 13.7. The predicted octanol–water partition coefficient (Wildman–Crippen LogP) is 3.35. The molecule has 0 aliphatic rings. The summed E-state index contributed by atoms with van der Waals surface area (Å²) in [4.78, 5) is 20.7. The Morgan fingerprint density at radius 2 is 2.00 bits per heavy atom. The summed E-state index contributed by atoms with van der Waals surface area (Å²) in [7, 11) is 0. The lowest BCUT2D eigenvalue weighted by atomic mass is 10.1. The Balaban J connectivity index is 2.56. The van der Waals surface area contributed by atoms with E-state index in [4.69, 9.17) is 10.00 Å². The molecule has 2 rings (SSSR count). The van der Waals surface area contributed by atoms with Gasteiger partial charge in [0.1, 0.15) is 12.0 Å². The van der Waals surface area contributed by atoms with E-state index in [0.717, 1.165) is 18.2 Å². The van der Waals surface area contributed by atoms with Crippen LogP contribution in [0.5, 0.6) is 11.5 Å². The smallest absolute Gasteiger partial charge is 0.314 e. The van der Waals surface area contributed by atoms with E-state index in [1.165, 1.54) is 6.07 Å². The van der Waals surface area contributed by atoms with E-state index in [1.807, 2.05) is 0 Å². The lowest BCUT2D eigenvalue weighted by molar-refractivity contribution is -0.385. The second kappa shape index (κ2) is 5.97. The van der Waals surface area contributed by atoms with Crippen LogP contribution in [-0.4, -0.2) is 11.2 Å². The zero-order valence-electron chi connectivity index (χ0n) is 10.7. The van der Waals surface area contributed by atoms with Gasteiger partial charge in [-0.05, 0) is 24.3 Å². The molecule has 0 fully saturated rings. The molecule has 0 aromatic heterocycles. The van der Waals surface area contributed by atoms with Crippen LogP contribution < -0.4 is 4.74 Å². The molecule has 2 aromatic carbocycles. The van der Waals surface area contributed by atoms with Crippen molar-refractivity contribution < 1.29 is 23.2 Å². The number of nitriles is 1. The molecule has 22 heavy (non-hydrogen) atoms. The maximum Gasteiger partial charge on any atom is 0.314 e. The molecule has 0 bridgehead atoms. The Kier molecular flexibility index (Phi) is 4.08. The minimum atomic E-state index is -1.54. The first-order chi connectivity index (χ1) is 10.5. The molecule has 2 aromatic rings. The minimum absolute atomic E-state index is 0.0269. The van der Waals surface area contributed by atoms with Crippen molar-refractivity contribution in [2.45, 2.75) is 0 Å². The van der Waals surface area contributed by atoms with Crippen LogP contribution in [0.4, 0.5) is 14.5 Å². The summed E-state index contributed by atoms with van der Waals surface area (Å²) in [5.74, 6) is -4.00. The number of aldehydes is 1. The topological polar surface area (TPSA) is 93.2 Å². The Bertz CT molecular complexity index is 815. The van der Waals surface area contributed by atoms with Crippen molar-refractivity contribution in [3.8, 4) is 17.6 Å². The third kappa shape index (κ3) is 2.88. The number of halogens is 2. The standard InChI is InChI=1S/C14H6F2N2O4/c15-11-1-2-12(18(20)21)14(13(11)16)22-10-4-8(6-17)3-9(5-10)7-19/h1-5,7H. The van der Waals surface area contributed by atoms with Gasteiger partial charge in [-0.2, -0.15) is 9.65 Å². The molecule has 0 saturated heterocycles. The first-order valence-electron chi connectivity index (χ1n) is 5.77. The van der Waals surface area contributed by atoms with Crippen LogP contribution in [0, 0.1) is 33.1 Å². The molecular formula is C14H6F2N2O4. The van der Waals surface area contributed by atoms with Crippen molar-refractivity contribution >= 4 is 12.0 Å². The third-order valence-corrected chi connectivity index (χ3v) is 2.64. The van der Waals surface area contributed by atoms with Gasteiger partial charge >= 0.3 is 5.69 Å². The molecule has 110 valence electrons. The van der Waals surface area contributed by atoms with Gasteiger partial charge in [-0.15, -0.1) is 0 Å². The number of benzene rings is 2. The van der Waals surface area contributed by atoms with E-state index in [-0.39, 0.29) is 16.9 Å². The largest absolute Gasteiger partial charge is 0.447 e. The number of carbonyl (C=O) groups is 1. The van der Waals surface area contributed by atoms with Crippen LogP contribution in [0.1, 0.15) is 15.9 Å². The van der Waals surface area contributed by atoms with Crippen LogP contribution in [0.15, 0.2) is 30.3 Å². The fourth-order valence-electron chi connectivity index (χ4n) is 1.69. The minimum Gasteiger partial charge on any atom is -0.447 e. The zero-order chi connectivity index (χ0) is 16.3. The molecule has 0 saturated carbocycles. The Hall–Kier alpha value is -3.34. The second-order valence-electron chi connectivity index (χ2n) is 4.09. The molecule has 0 spiro atoms. The monoisotopic (exact) mass is 304 g/mol. The molecule has 0 aliphatic heterocycles. The fraction of sp³-hybridized carbons (Fsp3) is 0. The molecule has 6 nitrogen and oxygen atoms in total. The summed E-state index contributed by atoms with van der Waals surface area (Å²) in [5.41, 5.74) is -0.707. The molecular weight excluding hydrogens is 298 g/mol. The summed E-state index contributed by atoms with van der Waals surface area (Å²) in [6.45, 7) is 0. The number of nitro benzene ring substituents is 1. The molecule has 0 N–H and O–H groups in total. The van der Waals surface area contributed by atoms with E-state index in [1.54, 1.807) is 6.07 Å². The lowest BCUT2D eigenvalue weighted by Gasteiger charge is -2.08. The molecule has 0 aliphatic carbocycles. The van der Waals surface area contributed by atoms with Crippen LogP contribution in [0.25, 0.3) is 0 Å². The van der Waals surface area contributed by atoms with Gasteiger partial charge in [0, 0.05) is 11.6 Å². The number of nitrogens with zero attached hydrogens (tertiary/aromatic N) is 2. The van der Waals surface area contributed by atoms with E-state index in [0.29, 0.717) is 12.4 Å². The number of nitro groups is 1. The summed E-state index contributed by atoms with van der Waals surface area (Å²) in [6.07, 6.45) is 0.421. The normalized spacial score (nSPS) is 9.86. The maximum atomic E-state index is 13.7. The van der Waals surface area contributed by atoms with Crippen molar-refractivity contribution in [3.05, 3.63) is 63.2 Å². The molecule has 8 heteroatoms. The van der Waals surface area contributed by atoms with Crippen molar-refractivity contribution in [2.24, 2.45) is 0 Å². The number of rotatable bonds is 4. The van der Waals surface area contributed by atoms with Gasteiger partial charge < -0.3 is 4.74 Å². The van der Waals surface area contributed by atoms with E-state index in [2.05, 4.69) is 0 Å². The van der Waals surface area contributed by atoms with Crippen molar-refractivity contribution in [1.29, 1.82) is 5.26 Å². The third-order valence-electron chi connectivity index (χ3n) is 2.64. The van der Waals surface area contributed by atoms with Gasteiger partial charge in [0.15, 0.2) is 5.82 Å². The van der Waals surface area contributed by atoms with Gasteiger partial charge in [-0.3, -0.25) is 14.9 Å². The summed E-state index contributed by atoms with van der Waals surface area (Å²) in [6, 6.07) is 6.63. The number of ether oxygens (including phenoxy) is 1. The highest BCUT2D eigenvalue weighted by atomic mass is 19.2. The van der Waals surface area contributed by atoms with Crippen molar-refractivity contribution in [1.82, 2.24) is 0 Å². The van der Waals surface area contributed by atoms with Gasteiger partial charge in [-0.25, -0.2) is 4.39 Å². The summed E-state index contributed by atoms with van der Waals surface area (Å²) < 4.78 is 32.0. The highest BCUT2D eigenvalue weighted by Crippen LogP contribution is 2.35. The summed E-state index contributed by atoms with van der Waals surface area (Å²) >= 11 is 0. The van der Waals surface area contributed by atoms with Crippen LogP contribution in [0.2, 0.25) is 0 Å². The average Bonchev–Trinajstić information content (AvgIpc) is 2.51. The lowest BCUT2D eigenvalue weighted by Crippen LogP contribution is -1.99. The van der Waals surface area contributed by atoms with Crippen LogP contribution in [0.3, 0.4) is 0 Å². The molecule has 0 heterocycles.